The van der Waals surface area contributed by atoms with Gasteiger partial charge in [0.15, 0.2) is 0 Å². The van der Waals surface area contributed by atoms with Gasteiger partial charge in [-0.1, -0.05) is 18.2 Å². The molecule has 2 aromatic rings. The third kappa shape index (κ3) is 4.66. The molecule has 1 aromatic heterocycles. The normalized spacial score (nSPS) is 12.5. The molecule has 1 aromatic carbocycles. The average molecular weight is 343 g/mol. The zero-order valence-electron chi connectivity index (χ0n) is 12.1. The summed E-state index contributed by atoms with van der Waals surface area (Å²) in [4.78, 5) is 14.8. The van der Waals surface area contributed by atoms with E-state index in [0.717, 1.165) is 18.3 Å². The number of anilines is 1. The summed E-state index contributed by atoms with van der Waals surface area (Å²) in [7, 11) is 0. The van der Waals surface area contributed by atoms with E-state index in [2.05, 4.69) is 15.6 Å². The van der Waals surface area contributed by atoms with Gasteiger partial charge in [-0.25, -0.2) is 14.2 Å². The Bertz CT molecular complexity index is 705. The van der Waals surface area contributed by atoms with Crippen molar-refractivity contribution in [3.63, 3.8) is 0 Å². The standard InChI is InChI=1S/C15H13F4N3O2/c16-11-4-2-1-3-10(11)12(23)8-21-14(24)22-9-5-6-13(20-7-9)15(17,18)19/h1-7,12,23H,8H2,(H2,21,22,24). The Hall–Kier alpha value is -2.68. The Morgan fingerprint density at radius 3 is 2.50 bits per heavy atom. The molecule has 2 rings (SSSR count). The maximum Gasteiger partial charge on any atom is 0.433 e. The van der Waals surface area contributed by atoms with E-state index in [1.54, 1.807) is 0 Å². The summed E-state index contributed by atoms with van der Waals surface area (Å²) in [5.41, 5.74) is -1.02. The van der Waals surface area contributed by atoms with Gasteiger partial charge < -0.3 is 15.7 Å². The Labute approximate surface area is 134 Å². The molecule has 1 unspecified atom stereocenters. The van der Waals surface area contributed by atoms with Crippen LogP contribution in [0.1, 0.15) is 17.4 Å². The lowest BCUT2D eigenvalue weighted by atomic mass is 10.1. The van der Waals surface area contributed by atoms with E-state index in [1.807, 2.05) is 0 Å². The number of halogens is 4. The molecule has 0 fully saturated rings. The monoisotopic (exact) mass is 343 g/mol. The quantitative estimate of drug-likeness (QED) is 0.747. The third-order valence-corrected chi connectivity index (χ3v) is 3.03. The minimum atomic E-state index is -4.56. The van der Waals surface area contributed by atoms with Crippen LogP contribution in [0.2, 0.25) is 0 Å². The van der Waals surface area contributed by atoms with Crippen LogP contribution in [0.5, 0.6) is 0 Å². The number of urea groups is 1. The molecule has 0 spiro atoms. The zero-order chi connectivity index (χ0) is 17.7. The maximum atomic E-state index is 13.5. The van der Waals surface area contributed by atoms with Crippen molar-refractivity contribution >= 4 is 11.7 Å². The van der Waals surface area contributed by atoms with Gasteiger partial charge in [0.25, 0.3) is 0 Å². The van der Waals surface area contributed by atoms with Gasteiger partial charge in [-0.15, -0.1) is 0 Å². The van der Waals surface area contributed by atoms with Crippen molar-refractivity contribution in [3.05, 3.63) is 59.7 Å². The van der Waals surface area contributed by atoms with Crippen LogP contribution in [0.3, 0.4) is 0 Å². The molecule has 0 aliphatic heterocycles. The van der Waals surface area contributed by atoms with Crippen LogP contribution < -0.4 is 10.6 Å². The van der Waals surface area contributed by atoms with Crippen LogP contribution in [-0.4, -0.2) is 22.7 Å². The number of aliphatic hydroxyl groups is 1. The van der Waals surface area contributed by atoms with Crippen molar-refractivity contribution < 1.29 is 27.5 Å². The molecule has 0 saturated carbocycles. The zero-order valence-corrected chi connectivity index (χ0v) is 12.1. The number of rotatable bonds is 4. The van der Waals surface area contributed by atoms with Crippen LogP contribution in [0.25, 0.3) is 0 Å². The fourth-order valence-electron chi connectivity index (χ4n) is 1.86. The molecular weight excluding hydrogens is 330 g/mol. The first-order chi connectivity index (χ1) is 11.3. The first kappa shape index (κ1) is 17.7. The lowest BCUT2D eigenvalue weighted by molar-refractivity contribution is -0.141. The Balaban J connectivity index is 1.88. The summed E-state index contributed by atoms with van der Waals surface area (Å²) in [5.74, 6) is -0.612. The van der Waals surface area contributed by atoms with Crippen molar-refractivity contribution in [2.24, 2.45) is 0 Å². The number of pyridine rings is 1. The Kier molecular flexibility index (Phi) is 5.35. The molecule has 128 valence electrons. The maximum absolute atomic E-state index is 13.5. The Morgan fingerprint density at radius 2 is 1.92 bits per heavy atom. The van der Waals surface area contributed by atoms with Gasteiger partial charge in [-0.05, 0) is 18.2 Å². The fourth-order valence-corrected chi connectivity index (χ4v) is 1.86. The number of carbonyl (C=O) groups excluding carboxylic acids is 1. The van der Waals surface area contributed by atoms with Gasteiger partial charge in [0.1, 0.15) is 11.5 Å². The summed E-state index contributed by atoms with van der Waals surface area (Å²) in [5, 5.41) is 14.4. The molecule has 1 atom stereocenters. The van der Waals surface area contributed by atoms with Crippen LogP contribution in [0, 0.1) is 5.82 Å². The van der Waals surface area contributed by atoms with Crippen molar-refractivity contribution in [3.8, 4) is 0 Å². The molecule has 0 aliphatic carbocycles. The van der Waals surface area contributed by atoms with Crippen molar-refractivity contribution in [2.75, 3.05) is 11.9 Å². The molecule has 0 saturated heterocycles. The lowest BCUT2D eigenvalue weighted by Crippen LogP contribution is -2.32. The van der Waals surface area contributed by atoms with Crippen LogP contribution in [0.4, 0.5) is 28.0 Å². The topological polar surface area (TPSA) is 74.2 Å². The largest absolute Gasteiger partial charge is 0.433 e. The number of aromatic nitrogens is 1. The van der Waals surface area contributed by atoms with Gasteiger partial charge >= 0.3 is 12.2 Å². The van der Waals surface area contributed by atoms with Gasteiger partial charge in [0, 0.05) is 12.1 Å². The van der Waals surface area contributed by atoms with E-state index >= 15 is 0 Å². The van der Waals surface area contributed by atoms with Crippen molar-refractivity contribution in [2.45, 2.75) is 12.3 Å². The fraction of sp³-hybridized carbons (Fsp3) is 0.200. The molecule has 0 bridgehead atoms. The minimum absolute atomic E-state index is 0.0222. The highest BCUT2D eigenvalue weighted by Crippen LogP contribution is 2.27. The molecule has 24 heavy (non-hydrogen) atoms. The second-order valence-electron chi connectivity index (χ2n) is 4.80. The predicted octanol–water partition coefficient (Wildman–Crippen LogP) is 3.09. The molecule has 1 heterocycles. The van der Waals surface area contributed by atoms with E-state index in [9.17, 15) is 27.5 Å². The first-order valence-electron chi connectivity index (χ1n) is 6.78. The molecule has 0 aliphatic rings. The van der Waals surface area contributed by atoms with Crippen molar-refractivity contribution in [1.29, 1.82) is 0 Å². The number of nitrogens with one attached hydrogen (secondary N) is 2. The van der Waals surface area contributed by atoms with Crippen LogP contribution >= 0.6 is 0 Å². The lowest BCUT2D eigenvalue weighted by Gasteiger charge is -2.13. The van der Waals surface area contributed by atoms with Crippen LogP contribution in [-0.2, 0) is 6.18 Å². The number of carbonyl (C=O) groups is 1. The van der Waals surface area contributed by atoms with E-state index in [-0.39, 0.29) is 17.8 Å². The van der Waals surface area contributed by atoms with Crippen LogP contribution in [0.15, 0.2) is 42.6 Å². The summed E-state index contributed by atoms with van der Waals surface area (Å²) >= 11 is 0. The number of alkyl halides is 3. The van der Waals surface area contributed by atoms with Gasteiger partial charge in [-0.2, -0.15) is 13.2 Å². The van der Waals surface area contributed by atoms with E-state index < -0.39 is 29.8 Å². The minimum Gasteiger partial charge on any atom is -0.386 e. The first-order valence-corrected chi connectivity index (χ1v) is 6.78. The molecule has 3 N–H and O–H groups in total. The summed E-state index contributed by atoms with van der Waals surface area (Å²) < 4.78 is 50.6. The highest BCUT2D eigenvalue weighted by Gasteiger charge is 2.32. The predicted molar refractivity (Wildman–Crippen MR) is 77.6 cm³/mol. The SMILES string of the molecule is O=C(NCC(O)c1ccccc1F)Nc1ccc(C(F)(F)F)nc1. The summed E-state index contributed by atoms with van der Waals surface area (Å²) in [6.45, 7) is -0.277. The summed E-state index contributed by atoms with van der Waals surface area (Å²) in [6.07, 6.45) is -4.97. The number of hydrogen-bond donors (Lipinski definition) is 3. The van der Waals surface area contributed by atoms with Gasteiger partial charge in [-0.3, -0.25) is 0 Å². The Morgan fingerprint density at radius 1 is 1.21 bits per heavy atom. The van der Waals surface area contributed by atoms with Crippen molar-refractivity contribution in [1.82, 2.24) is 10.3 Å². The number of benzene rings is 1. The number of aliphatic hydroxyl groups excluding tert-OH is 1. The number of hydrogen-bond acceptors (Lipinski definition) is 3. The molecule has 2 amide bonds. The molecular formula is C15H13F4N3O2. The number of amides is 2. The van der Waals surface area contributed by atoms with E-state index in [4.69, 9.17) is 0 Å². The van der Waals surface area contributed by atoms with Gasteiger partial charge in [0.2, 0.25) is 0 Å². The number of nitrogens with zero attached hydrogens (tertiary/aromatic N) is 1. The van der Waals surface area contributed by atoms with E-state index in [0.29, 0.717) is 0 Å². The van der Waals surface area contributed by atoms with Gasteiger partial charge in [0.05, 0.1) is 18.0 Å². The summed E-state index contributed by atoms with van der Waals surface area (Å²) in [6, 6.07) is 6.55. The van der Waals surface area contributed by atoms with E-state index in [1.165, 1.54) is 24.3 Å². The highest BCUT2D eigenvalue weighted by molar-refractivity contribution is 5.89. The molecule has 0 radical (unpaired) electrons. The second-order valence-corrected chi connectivity index (χ2v) is 4.80. The molecule has 5 nitrogen and oxygen atoms in total. The second kappa shape index (κ2) is 7.26. The molecule has 9 heteroatoms. The smallest absolute Gasteiger partial charge is 0.386 e. The average Bonchev–Trinajstić information content (AvgIpc) is 2.53. The third-order valence-electron chi connectivity index (χ3n) is 3.03. The highest BCUT2D eigenvalue weighted by atomic mass is 19.4.